The maximum Gasteiger partial charge on any atom is 0.573 e. The Hall–Kier alpha value is -4.24. The summed E-state index contributed by atoms with van der Waals surface area (Å²) in [7, 11) is 0. The fraction of sp³-hybridized carbons (Fsp3) is 0.233. The van der Waals surface area contributed by atoms with E-state index in [1.807, 2.05) is 63.3 Å². The Balaban J connectivity index is 1.37. The predicted molar refractivity (Wildman–Crippen MR) is 148 cm³/mol. The van der Waals surface area contributed by atoms with Crippen LogP contribution in [-0.2, 0) is 6.54 Å². The minimum absolute atomic E-state index is 0.195. The van der Waals surface area contributed by atoms with Gasteiger partial charge in [0, 0.05) is 29.2 Å². The second-order valence-corrected chi connectivity index (χ2v) is 9.22. The molecule has 0 saturated carbocycles. The molecule has 0 aliphatic carbocycles. The van der Waals surface area contributed by atoms with Crippen LogP contribution in [0.25, 0.3) is 5.70 Å². The summed E-state index contributed by atoms with van der Waals surface area (Å²) in [5.74, 6) is -0.467. The number of carbonyl (C=O) groups is 1. The summed E-state index contributed by atoms with van der Waals surface area (Å²) in [5.41, 5.74) is 6.65. The van der Waals surface area contributed by atoms with Gasteiger partial charge in [0.1, 0.15) is 11.9 Å². The van der Waals surface area contributed by atoms with Gasteiger partial charge in [-0.05, 0) is 103 Å². The standard InChI is InChI=1S/C30H31F3N4O2/c1-4-34-18-21-7-5-19(2)26(17-21)36-29(38)23-8-12-24(13-9-23)35-27-16-6-20(3)28(37-27)22-10-14-25(15-11-22)39-30(31,32)33/h5-17,27,34-35,37H,4,18H2,1-3H3,(H,36,38). The number of alkyl halides is 3. The Morgan fingerprint density at radius 3 is 2.38 bits per heavy atom. The molecule has 1 aliphatic rings. The van der Waals surface area contributed by atoms with E-state index in [4.69, 9.17) is 0 Å². The van der Waals surface area contributed by atoms with Crippen LogP contribution in [0.3, 0.4) is 0 Å². The summed E-state index contributed by atoms with van der Waals surface area (Å²) in [5, 5.41) is 13.0. The lowest BCUT2D eigenvalue weighted by molar-refractivity contribution is -0.274. The molecule has 1 unspecified atom stereocenters. The fourth-order valence-electron chi connectivity index (χ4n) is 4.13. The van der Waals surface area contributed by atoms with Crippen LogP contribution in [0.15, 0.2) is 84.5 Å². The number of anilines is 2. The molecule has 0 fully saturated rings. The molecule has 0 spiro atoms. The van der Waals surface area contributed by atoms with Crippen LogP contribution in [0.5, 0.6) is 5.75 Å². The van der Waals surface area contributed by atoms with Crippen molar-refractivity contribution in [2.75, 3.05) is 17.2 Å². The van der Waals surface area contributed by atoms with Gasteiger partial charge in [0.25, 0.3) is 5.91 Å². The van der Waals surface area contributed by atoms with Gasteiger partial charge in [0.2, 0.25) is 0 Å². The molecule has 1 atom stereocenters. The second kappa shape index (κ2) is 12.1. The first-order valence-electron chi connectivity index (χ1n) is 12.6. The van der Waals surface area contributed by atoms with Gasteiger partial charge in [0.05, 0.1) is 0 Å². The smallest absolute Gasteiger partial charge is 0.406 e. The van der Waals surface area contributed by atoms with Crippen molar-refractivity contribution in [3.63, 3.8) is 0 Å². The van der Waals surface area contributed by atoms with Crippen LogP contribution in [0.2, 0.25) is 0 Å². The number of rotatable bonds is 9. The normalized spacial score (nSPS) is 15.1. The molecule has 1 heterocycles. The molecule has 0 bridgehead atoms. The number of allylic oxidation sites excluding steroid dienone is 2. The summed E-state index contributed by atoms with van der Waals surface area (Å²) in [6, 6.07) is 18.9. The van der Waals surface area contributed by atoms with Gasteiger partial charge >= 0.3 is 6.36 Å². The summed E-state index contributed by atoms with van der Waals surface area (Å²) in [6.07, 6.45) is -1.11. The number of aryl methyl sites for hydroxylation is 1. The van der Waals surface area contributed by atoms with Crippen LogP contribution < -0.4 is 26.0 Å². The Morgan fingerprint density at radius 1 is 1.00 bits per heavy atom. The van der Waals surface area contributed by atoms with E-state index in [1.165, 1.54) is 12.1 Å². The largest absolute Gasteiger partial charge is 0.573 e. The first-order chi connectivity index (χ1) is 18.6. The number of carbonyl (C=O) groups excluding carboxylic acids is 1. The molecule has 1 amide bonds. The van der Waals surface area contributed by atoms with Crippen LogP contribution in [-0.4, -0.2) is 25.0 Å². The van der Waals surface area contributed by atoms with Crippen molar-refractivity contribution in [1.29, 1.82) is 0 Å². The number of hydrogen-bond acceptors (Lipinski definition) is 5. The van der Waals surface area contributed by atoms with Gasteiger partial charge in [-0.1, -0.05) is 25.1 Å². The summed E-state index contributed by atoms with van der Waals surface area (Å²) in [6.45, 7) is 7.52. The van der Waals surface area contributed by atoms with Crippen molar-refractivity contribution in [2.45, 2.75) is 39.8 Å². The molecule has 0 radical (unpaired) electrons. The highest BCUT2D eigenvalue weighted by Gasteiger charge is 2.31. The van der Waals surface area contributed by atoms with Gasteiger partial charge in [-0.15, -0.1) is 13.2 Å². The maximum absolute atomic E-state index is 12.9. The molecule has 3 aromatic carbocycles. The highest BCUT2D eigenvalue weighted by Crippen LogP contribution is 2.27. The minimum atomic E-state index is -4.73. The molecule has 0 aromatic heterocycles. The second-order valence-electron chi connectivity index (χ2n) is 9.22. The first kappa shape index (κ1) is 27.8. The monoisotopic (exact) mass is 536 g/mol. The van der Waals surface area contributed by atoms with E-state index in [1.54, 1.807) is 24.3 Å². The molecule has 204 valence electrons. The van der Waals surface area contributed by atoms with Crippen molar-refractivity contribution in [2.24, 2.45) is 0 Å². The molecule has 3 aromatic rings. The van der Waals surface area contributed by atoms with E-state index in [2.05, 4.69) is 26.0 Å². The van der Waals surface area contributed by atoms with Crippen LogP contribution >= 0.6 is 0 Å². The maximum atomic E-state index is 12.9. The van der Waals surface area contributed by atoms with Gasteiger partial charge in [-0.3, -0.25) is 4.79 Å². The molecule has 9 heteroatoms. The van der Waals surface area contributed by atoms with Crippen molar-refractivity contribution < 1.29 is 22.7 Å². The number of ether oxygens (including phenoxy) is 1. The lowest BCUT2D eigenvalue weighted by Gasteiger charge is -2.26. The van der Waals surface area contributed by atoms with Gasteiger partial charge in [-0.2, -0.15) is 0 Å². The van der Waals surface area contributed by atoms with E-state index in [-0.39, 0.29) is 17.8 Å². The lowest BCUT2D eigenvalue weighted by atomic mass is 10.0. The van der Waals surface area contributed by atoms with Crippen LogP contribution in [0.4, 0.5) is 24.5 Å². The highest BCUT2D eigenvalue weighted by atomic mass is 19.4. The zero-order chi connectivity index (χ0) is 28.0. The Kier molecular flexibility index (Phi) is 8.61. The number of amides is 1. The van der Waals surface area contributed by atoms with E-state index in [0.29, 0.717) is 5.56 Å². The number of nitrogens with one attached hydrogen (secondary N) is 4. The molecule has 4 N–H and O–H groups in total. The SMILES string of the molecule is CCNCc1ccc(C)c(NC(=O)c2ccc(NC3C=CC(C)=C(c4ccc(OC(F)(F)F)cc4)N3)cc2)c1. The van der Waals surface area contributed by atoms with Gasteiger partial charge in [-0.25, -0.2) is 0 Å². The van der Waals surface area contributed by atoms with Gasteiger partial charge in [0.15, 0.2) is 0 Å². The average Bonchev–Trinajstić information content (AvgIpc) is 2.90. The van der Waals surface area contributed by atoms with Crippen LogP contribution in [0.1, 0.15) is 40.9 Å². The third-order valence-electron chi connectivity index (χ3n) is 6.21. The van der Waals surface area contributed by atoms with Crippen molar-refractivity contribution in [1.82, 2.24) is 10.6 Å². The van der Waals surface area contributed by atoms with Gasteiger partial charge < -0.3 is 26.0 Å². The number of hydrogen-bond donors (Lipinski definition) is 4. The number of dihydropyridines is 1. The third kappa shape index (κ3) is 7.64. The number of halogens is 3. The molecular formula is C30H31F3N4O2. The van der Waals surface area contributed by atoms with Crippen molar-refractivity contribution in [3.8, 4) is 5.75 Å². The summed E-state index contributed by atoms with van der Waals surface area (Å²) >= 11 is 0. The van der Waals surface area contributed by atoms with E-state index >= 15 is 0 Å². The van der Waals surface area contributed by atoms with Crippen LogP contribution in [0, 0.1) is 6.92 Å². The minimum Gasteiger partial charge on any atom is -0.406 e. The molecule has 1 aliphatic heterocycles. The lowest BCUT2D eigenvalue weighted by Crippen LogP contribution is -2.35. The zero-order valence-corrected chi connectivity index (χ0v) is 21.9. The zero-order valence-electron chi connectivity index (χ0n) is 21.9. The van der Waals surface area contributed by atoms with E-state index in [9.17, 15) is 18.0 Å². The molecular weight excluding hydrogens is 505 g/mol. The third-order valence-corrected chi connectivity index (χ3v) is 6.21. The molecule has 0 saturated heterocycles. The summed E-state index contributed by atoms with van der Waals surface area (Å²) in [4.78, 5) is 12.9. The van der Waals surface area contributed by atoms with E-state index in [0.717, 1.165) is 52.4 Å². The van der Waals surface area contributed by atoms with Crippen molar-refractivity contribution >= 4 is 23.0 Å². The van der Waals surface area contributed by atoms with E-state index < -0.39 is 6.36 Å². The average molecular weight is 537 g/mol. The quantitative estimate of drug-likeness (QED) is 0.249. The Morgan fingerprint density at radius 2 is 1.72 bits per heavy atom. The number of benzene rings is 3. The fourth-order valence-corrected chi connectivity index (χ4v) is 4.13. The molecule has 39 heavy (non-hydrogen) atoms. The Bertz CT molecular complexity index is 1360. The Labute approximate surface area is 226 Å². The summed E-state index contributed by atoms with van der Waals surface area (Å²) < 4.78 is 41.4. The highest BCUT2D eigenvalue weighted by molar-refractivity contribution is 6.04. The topological polar surface area (TPSA) is 74.4 Å². The molecule has 6 nitrogen and oxygen atoms in total. The van der Waals surface area contributed by atoms with Crippen molar-refractivity contribution in [3.05, 3.63) is 107 Å². The molecule has 4 rings (SSSR count). The first-order valence-corrected chi connectivity index (χ1v) is 12.6. The predicted octanol–water partition coefficient (Wildman–Crippen LogP) is 6.58.